The number of rotatable bonds is 6. The van der Waals surface area contributed by atoms with E-state index in [1.54, 1.807) is 6.07 Å². The molecule has 0 bridgehead atoms. The Morgan fingerprint density at radius 3 is 2.67 bits per heavy atom. The molecule has 1 aromatic rings. The minimum atomic E-state index is -0.0908. The first-order chi connectivity index (χ1) is 7.20. The largest absolute Gasteiger partial charge is 0.342 e. The zero-order valence-electron chi connectivity index (χ0n) is 9.59. The van der Waals surface area contributed by atoms with E-state index in [0.717, 1.165) is 18.7 Å². The van der Waals surface area contributed by atoms with E-state index < -0.39 is 0 Å². The number of nitrogens with one attached hydrogen (secondary N) is 1. The van der Waals surface area contributed by atoms with Crippen molar-refractivity contribution in [1.82, 2.24) is 0 Å². The number of hydrogen-bond donors (Lipinski definition) is 2. The van der Waals surface area contributed by atoms with E-state index in [4.69, 9.17) is 0 Å². The first kappa shape index (κ1) is 12.1. The van der Waals surface area contributed by atoms with Gasteiger partial charge in [0.05, 0.1) is 27.2 Å². The highest BCUT2D eigenvalue weighted by Gasteiger charge is 2.02. The molecule has 2 nitrogen and oxygen atoms in total. The fourth-order valence-electron chi connectivity index (χ4n) is 1.52. The van der Waals surface area contributed by atoms with Gasteiger partial charge in [0.25, 0.3) is 0 Å². The highest BCUT2D eigenvalue weighted by molar-refractivity contribution is 5.15. The van der Waals surface area contributed by atoms with Crippen LogP contribution in [0.15, 0.2) is 24.3 Å². The highest BCUT2D eigenvalue weighted by Crippen LogP contribution is 2.03. The van der Waals surface area contributed by atoms with Gasteiger partial charge < -0.3 is 10.2 Å². The number of hydrogen-bond acceptors (Lipinski definition) is 0. The molecule has 0 aromatic heterocycles. The Hall–Kier alpha value is -0.930. The SMILES string of the molecule is C[NH+](C)CCC[NH2+]Cc1ccccc1F. The molecule has 1 aromatic carbocycles. The third-order valence-electron chi connectivity index (χ3n) is 2.41. The van der Waals surface area contributed by atoms with Gasteiger partial charge in [-0.25, -0.2) is 4.39 Å². The summed E-state index contributed by atoms with van der Waals surface area (Å²) in [5.41, 5.74) is 0.801. The van der Waals surface area contributed by atoms with Crippen molar-refractivity contribution >= 4 is 0 Å². The van der Waals surface area contributed by atoms with Crippen LogP contribution in [0, 0.1) is 5.82 Å². The molecule has 15 heavy (non-hydrogen) atoms. The normalized spacial score (nSPS) is 10.9. The summed E-state index contributed by atoms with van der Waals surface area (Å²) >= 11 is 0. The van der Waals surface area contributed by atoms with E-state index in [2.05, 4.69) is 19.4 Å². The summed E-state index contributed by atoms with van der Waals surface area (Å²) in [6, 6.07) is 6.99. The fourth-order valence-corrected chi connectivity index (χ4v) is 1.52. The summed E-state index contributed by atoms with van der Waals surface area (Å²) in [7, 11) is 4.30. The van der Waals surface area contributed by atoms with Crippen molar-refractivity contribution in [3.8, 4) is 0 Å². The van der Waals surface area contributed by atoms with Gasteiger partial charge in [-0.15, -0.1) is 0 Å². The van der Waals surface area contributed by atoms with Crippen LogP contribution in [0.3, 0.4) is 0 Å². The van der Waals surface area contributed by atoms with Crippen molar-refractivity contribution < 1.29 is 14.6 Å². The Balaban J connectivity index is 2.18. The molecule has 3 N–H and O–H groups in total. The van der Waals surface area contributed by atoms with Crippen LogP contribution in [-0.2, 0) is 6.54 Å². The summed E-state index contributed by atoms with van der Waals surface area (Å²) < 4.78 is 13.2. The Labute approximate surface area is 91.1 Å². The van der Waals surface area contributed by atoms with Gasteiger partial charge in [0.15, 0.2) is 0 Å². The van der Waals surface area contributed by atoms with E-state index in [1.165, 1.54) is 23.9 Å². The summed E-state index contributed by atoms with van der Waals surface area (Å²) in [5.74, 6) is -0.0908. The third-order valence-corrected chi connectivity index (χ3v) is 2.41. The van der Waals surface area contributed by atoms with Crippen LogP contribution in [0.4, 0.5) is 4.39 Å². The third kappa shape index (κ3) is 4.91. The van der Waals surface area contributed by atoms with Crippen LogP contribution in [0.2, 0.25) is 0 Å². The van der Waals surface area contributed by atoms with Crippen molar-refractivity contribution in [3.63, 3.8) is 0 Å². The van der Waals surface area contributed by atoms with Gasteiger partial charge in [-0.3, -0.25) is 0 Å². The average molecular weight is 212 g/mol. The van der Waals surface area contributed by atoms with Crippen LogP contribution >= 0.6 is 0 Å². The van der Waals surface area contributed by atoms with Gasteiger partial charge in [0, 0.05) is 12.0 Å². The first-order valence-corrected chi connectivity index (χ1v) is 5.54. The lowest BCUT2D eigenvalue weighted by Gasteiger charge is -2.06. The molecule has 0 fully saturated rings. The topological polar surface area (TPSA) is 21.1 Å². The molecule has 0 aliphatic carbocycles. The molecule has 0 saturated heterocycles. The van der Waals surface area contributed by atoms with E-state index >= 15 is 0 Å². The number of quaternary nitrogens is 2. The monoisotopic (exact) mass is 212 g/mol. The smallest absolute Gasteiger partial charge is 0.132 e. The molecule has 0 unspecified atom stereocenters. The van der Waals surface area contributed by atoms with Crippen LogP contribution in [0.1, 0.15) is 12.0 Å². The highest BCUT2D eigenvalue weighted by atomic mass is 19.1. The summed E-state index contributed by atoms with van der Waals surface area (Å²) in [4.78, 5) is 1.47. The van der Waals surface area contributed by atoms with Gasteiger partial charge in [0.1, 0.15) is 12.4 Å². The van der Waals surface area contributed by atoms with Crippen LogP contribution < -0.4 is 10.2 Å². The molecule has 0 spiro atoms. The molecule has 0 atom stereocenters. The summed E-state index contributed by atoms with van der Waals surface area (Å²) in [6.07, 6.45) is 1.18. The van der Waals surface area contributed by atoms with Gasteiger partial charge in [-0.2, -0.15) is 0 Å². The molecule has 1 rings (SSSR count). The minimum absolute atomic E-state index is 0.0908. The molecule has 0 aliphatic heterocycles. The molecule has 0 radical (unpaired) electrons. The van der Waals surface area contributed by atoms with Crippen molar-refractivity contribution in [2.24, 2.45) is 0 Å². The van der Waals surface area contributed by atoms with Crippen molar-refractivity contribution in [2.75, 3.05) is 27.2 Å². The van der Waals surface area contributed by atoms with Crippen molar-refractivity contribution in [3.05, 3.63) is 35.6 Å². The Bertz CT molecular complexity index is 287. The number of benzene rings is 1. The Morgan fingerprint density at radius 2 is 2.00 bits per heavy atom. The standard InChI is InChI=1S/C12H19FN2/c1-15(2)9-5-8-14-10-11-6-3-4-7-12(11)13/h3-4,6-7,14H,5,8-10H2,1-2H3/p+2. The minimum Gasteiger partial charge on any atom is -0.342 e. The Morgan fingerprint density at radius 1 is 1.27 bits per heavy atom. The lowest BCUT2D eigenvalue weighted by molar-refractivity contribution is -0.860. The Kier molecular flexibility index (Phi) is 5.29. The molecule has 0 aliphatic rings. The van der Waals surface area contributed by atoms with Gasteiger partial charge in [0.2, 0.25) is 0 Å². The second-order valence-corrected chi connectivity index (χ2v) is 4.18. The van der Waals surface area contributed by atoms with Crippen LogP contribution in [0.5, 0.6) is 0 Å². The van der Waals surface area contributed by atoms with Crippen molar-refractivity contribution in [1.29, 1.82) is 0 Å². The van der Waals surface area contributed by atoms with E-state index in [1.807, 2.05) is 12.1 Å². The first-order valence-electron chi connectivity index (χ1n) is 5.54. The second kappa shape index (κ2) is 6.53. The second-order valence-electron chi connectivity index (χ2n) is 4.18. The summed E-state index contributed by atoms with van der Waals surface area (Å²) in [5, 5.41) is 2.17. The van der Waals surface area contributed by atoms with Crippen LogP contribution in [-0.4, -0.2) is 27.2 Å². The van der Waals surface area contributed by atoms with E-state index in [-0.39, 0.29) is 5.82 Å². The predicted octanol–water partition coefficient (Wildman–Crippen LogP) is -0.576. The maximum atomic E-state index is 13.2. The predicted molar refractivity (Wildman–Crippen MR) is 59.2 cm³/mol. The molecule has 0 saturated carbocycles. The fraction of sp³-hybridized carbons (Fsp3) is 0.500. The molecule has 0 heterocycles. The lowest BCUT2D eigenvalue weighted by Crippen LogP contribution is -3.06. The molecule has 0 amide bonds. The van der Waals surface area contributed by atoms with Gasteiger partial charge >= 0.3 is 0 Å². The molecule has 84 valence electrons. The maximum Gasteiger partial charge on any atom is 0.132 e. The van der Waals surface area contributed by atoms with E-state index in [9.17, 15) is 4.39 Å². The van der Waals surface area contributed by atoms with Crippen molar-refractivity contribution in [2.45, 2.75) is 13.0 Å². The maximum absolute atomic E-state index is 13.2. The molecule has 3 heteroatoms. The van der Waals surface area contributed by atoms with Gasteiger partial charge in [-0.1, -0.05) is 18.2 Å². The zero-order valence-corrected chi connectivity index (χ0v) is 9.59. The zero-order chi connectivity index (χ0) is 11.1. The lowest BCUT2D eigenvalue weighted by atomic mass is 10.2. The number of halogens is 1. The molecular weight excluding hydrogens is 191 g/mol. The van der Waals surface area contributed by atoms with Gasteiger partial charge in [-0.05, 0) is 6.07 Å². The quantitative estimate of drug-likeness (QED) is 0.589. The molecular formula is C12H21FN2+2. The summed E-state index contributed by atoms with van der Waals surface area (Å²) in [6.45, 7) is 2.99. The van der Waals surface area contributed by atoms with E-state index in [0.29, 0.717) is 0 Å². The van der Waals surface area contributed by atoms with Crippen LogP contribution in [0.25, 0.3) is 0 Å². The average Bonchev–Trinajstić information content (AvgIpc) is 2.20. The number of nitrogens with two attached hydrogens (primary N) is 1.